The number of methoxy groups -OCH3 is 1. The second-order valence-corrected chi connectivity index (χ2v) is 7.55. The van der Waals surface area contributed by atoms with E-state index in [4.69, 9.17) is 20.8 Å². The summed E-state index contributed by atoms with van der Waals surface area (Å²) >= 11 is 7.43. The highest BCUT2D eigenvalue weighted by molar-refractivity contribution is 7.98. The van der Waals surface area contributed by atoms with Crippen LogP contribution in [0.3, 0.4) is 0 Å². The molecule has 0 radical (unpaired) electrons. The van der Waals surface area contributed by atoms with E-state index in [9.17, 15) is 4.79 Å². The highest BCUT2D eigenvalue weighted by atomic mass is 35.5. The van der Waals surface area contributed by atoms with E-state index in [2.05, 4.69) is 25.1 Å². The lowest BCUT2D eigenvalue weighted by atomic mass is 10.3. The number of aromatic nitrogens is 5. The molecule has 0 unspecified atom stereocenters. The largest absolute Gasteiger partial charge is 0.484 e. The van der Waals surface area contributed by atoms with E-state index in [1.165, 1.54) is 29.9 Å². The van der Waals surface area contributed by atoms with Gasteiger partial charge in [0.05, 0.1) is 24.2 Å². The fourth-order valence-corrected chi connectivity index (χ4v) is 3.45. The molecule has 0 aliphatic carbocycles. The Morgan fingerprint density at radius 1 is 1.28 bits per heavy atom. The average Bonchev–Trinajstić information content (AvgIpc) is 3.56. The van der Waals surface area contributed by atoms with E-state index < -0.39 is 5.97 Å². The zero-order chi connectivity index (χ0) is 22.3. The lowest BCUT2D eigenvalue weighted by Crippen LogP contribution is -2.04. The fourth-order valence-electron chi connectivity index (χ4n) is 2.54. The van der Waals surface area contributed by atoms with E-state index in [0.29, 0.717) is 33.3 Å². The first-order valence-electron chi connectivity index (χ1n) is 9.27. The van der Waals surface area contributed by atoms with Gasteiger partial charge in [0.15, 0.2) is 5.69 Å². The lowest BCUT2D eigenvalue weighted by molar-refractivity contribution is 0.0593. The van der Waals surface area contributed by atoms with Crippen LogP contribution in [0.1, 0.15) is 22.0 Å². The lowest BCUT2D eigenvalue weighted by Gasteiger charge is -2.05. The van der Waals surface area contributed by atoms with Gasteiger partial charge in [-0.15, -0.1) is 10.2 Å². The first-order valence-corrected chi connectivity index (χ1v) is 10.6. The number of benzene rings is 1. The van der Waals surface area contributed by atoms with Gasteiger partial charge in [0.25, 0.3) is 0 Å². The second kappa shape index (κ2) is 10.2. The van der Waals surface area contributed by atoms with Gasteiger partial charge in [-0.3, -0.25) is 4.68 Å². The van der Waals surface area contributed by atoms with Crippen molar-refractivity contribution in [2.24, 2.45) is 5.10 Å². The van der Waals surface area contributed by atoms with Gasteiger partial charge in [0.1, 0.15) is 30.2 Å². The molecule has 0 aliphatic heterocycles. The molecule has 0 N–H and O–H groups in total. The smallest absolute Gasteiger partial charge is 0.358 e. The van der Waals surface area contributed by atoms with Crippen LogP contribution in [0.15, 0.2) is 69.7 Å². The van der Waals surface area contributed by atoms with Crippen LogP contribution in [-0.2, 0) is 17.2 Å². The third-order valence-electron chi connectivity index (χ3n) is 4.06. The van der Waals surface area contributed by atoms with Crippen LogP contribution in [0.5, 0.6) is 5.75 Å². The summed E-state index contributed by atoms with van der Waals surface area (Å²) in [4.78, 5) is 11.5. The number of carbonyl (C=O) groups excluding carboxylic acids is 1. The Kier molecular flexibility index (Phi) is 6.87. The Morgan fingerprint density at radius 2 is 2.16 bits per heavy atom. The van der Waals surface area contributed by atoms with Crippen molar-refractivity contribution in [1.29, 1.82) is 0 Å². The van der Waals surface area contributed by atoms with Gasteiger partial charge in [0, 0.05) is 6.20 Å². The molecule has 3 aromatic heterocycles. The minimum Gasteiger partial charge on any atom is -0.484 e. The molecule has 4 rings (SSSR count). The first-order chi connectivity index (χ1) is 15.6. The number of para-hydroxylation sites is 1. The summed E-state index contributed by atoms with van der Waals surface area (Å²) in [5, 5.41) is 17.5. The molecule has 0 atom stereocenters. The Morgan fingerprint density at radius 3 is 3.00 bits per heavy atom. The van der Waals surface area contributed by atoms with Crippen molar-refractivity contribution in [1.82, 2.24) is 24.7 Å². The molecule has 10 nitrogen and oxygen atoms in total. The summed E-state index contributed by atoms with van der Waals surface area (Å²) < 4.78 is 19.1. The second-order valence-electron chi connectivity index (χ2n) is 6.23. The SMILES string of the molecule is COC(=O)c1ccn(CSc2nncn2/N=C/c2ccc(COc3ccccc3Cl)o2)n1. The molecule has 32 heavy (non-hydrogen) atoms. The van der Waals surface area contributed by atoms with Crippen LogP contribution < -0.4 is 4.74 Å². The van der Waals surface area contributed by atoms with Crippen LogP contribution >= 0.6 is 23.4 Å². The Labute approximate surface area is 191 Å². The fraction of sp³-hybridized carbons (Fsp3) is 0.150. The highest BCUT2D eigenvalue weighted by Gasteiger charge is 2.11. The average molecular weight is 473 g/mol. The molecular formula is C20H17ClN6O4S. The van der Waals surface area contributed by atoms with Gasteiger partial charge >= 0.3 is 5.97 Å². The number of hydrogen-bond donors (Lipinski definition) is 0. The summed E-state index contributed by atoms with van der Waals surface area (Å²) in [6.07, 6.45) is 4.71. The molecule has 0 bridgehead atoms. The molecule has 1 aromatic carbocycles. The maximum atomic E-state index is 11.5. The van der Waals surface area contributed by atoms with Crippen molar-refractivity contribution in [3.63, 3.8) is 0 Å². The molecule has 164 valence electrons. The van der Waals surface area contributed by atoms with E-state index in [0.717, 1.165) is 0 Å². The third kappa shape index (κ3) is 5.37. The number of carbonyl (C=O) groups is 1. The van der Waals surface area contributed by atoms with Gasteiger partial charge in [-0.25, -0.2) is 4.79 Å². The number of rotatable bonds is 9. The van der Waals surface area contributed by atoms with Crippen LogP contribution in [0.25, 0.3) is 0 Å². The van der Waals surface area contributed by atoms with Gasteiger partial charge in [-0.05, 0) is 30.3 Å². The molecule has 0 saturated heterocycles. The van der Waals surface area contributed by atoms with Crippen LogP contribution in [0.2, 0.25) is 5.02 Å². The quantitative estimate of drug-likeness (QED) is 0.206. The summed E-state index contributed by atoms with van der Waals surface area (Å²) in [6, 6.07) is 12.4. The Hall–Kier alpha value is -3.57. The Balaban J connectivity index is 1.34. The van der Waals surface area contributed by atoms with Crippen molar-refractivity contribution in [3.8, 4) is 5.75 Å². The summed E-state index contributed by atoms with van der Waals surface area (Å²) in [5.74, 6) is 1.68. The summed E-state index contributed by atoms with van der Waals surface area (Å²) in [7, 11) is 1.31. The van der Waals surface area contributed by atoms with Crippen molar-refractivity contribution >= 4 is 35.5 Å². The molecule has 0 fully saturated rings. The standard InChI is InChI=1S/C20H17ClN6O4S/c1-29-19(28)17-8-9-26(25-17)13-32-20-24-22-12-27(20)23-10-14-6-7-15(31-14)11-30-18-5-3-2-4-16(18)21/h2-10,12H,11,13H2,1H3/b23-10+. The minimum atomic E-state index is -0.489. The van der Waals surface area contributed by atoms with Crippen molar-refractivity contribution < 1.29 is 18.7 Å². The summed E-state index contributed by atoms with van der Waals surface area (Å²) in [5.41, 5.74) is 0.236. The molecule has 4 aromatic rings. The number of hydrogen-bond acceptors (Lipinski definition) is 9. The minimum absolute atomic E-state index is 0.236. The van der Waals surface area contributed by atoms with E-state index in [1.807, 2.05) is 12.1 Å². The van der Waals surface area contributed by atoms with Crippen molar-refractivity contribution in [2.75, 3.05) is 7.11 Å². The zero-order valence-corrected chi connectivity index (χ0v) is 18.4. The number of halogens is 1. The van der Waals surface area contributed by atoms with Gasteiger partial charge in [-0.2, -0.15) is 14.9 Å². The predicted molar refractivity (Wildman–Crippen MR) is 117 cm³/mol. The monoisotopic (exact) mass is 472 g/mol. The van der Waals surface area contributed by atoms with Crippen LogP contribution in [0.4, 0.5) is 0 Å². The maximum absolute atomic E-state index is 11.5. The van der Waals surface area contributed by atoms with Gasteiger partial charge in [0.2, 0.25) is 5.16 Å². The molecule has 0 saturated carbocycles. The third-order valence-corrected chi connectivity index (χ3v) is 5.29. The predicted octanol–water partition coefficient (Wildman–Crippen LogP) is 3.72. The summed E-state index contributed by atoms with van der Waals surface area (Å²) in [6.45, 7) is 0.239. The molecule has 12 heteroatoms. The zero-order valence-electron chi connectivity index (χ0n) is 16.8. The first kappa shape index (κ1) is 21.7. The molecule has 0 amide bonds. The van der Waals surface area contributed by atoms with E-state index in [-0.39, 0.29) is 12.3 Å². The number of nitrogens with zero attached hydrogens (tertiary/aromatic N) is 6. The maximum Gasteiger partial charge on any atom is 0.358 e. The number of ether oxygens (including phenoxy) is 2. The Bertz CT molecular complexity index is 1230. The van der Waals surface area contributed by atoms with Gasteiger partial charge < -0.3 is 13.9 Å². The van der Waals surface area contributed by atoms with Gasteiger partial charge in [-0.1, -0.05) is 35.5 Å². The molecular weight excluding hydrogens is 456 g/mol. The molecule has 3 heterocycles. The van der Waals surface area contributed by atoms with Crippen molar-refractivity contribution in [3.05, 3.63) is 77.2 Å². The topological polar surface area (TPSA) is 110 Å². The van der Waals surface area contributed by atoms with E-state index in [1.54, 1.807) is 47.4 Å². The highest BCUT2D eigenvalue weighted by Crippen LogP contribution is 2.24. The molecule has 0 aliphatic rings. The number of esters is 1. The van der Waals surface area contributed by atoms with E-state index >= 15 is 0 Å². The van der Waals surface area contributed by atoms with Crippen molar-refractivity contribution in [2.45, 2.75) is 17.6 Å². The molecule has 0 spiro atoms. The number of thioether (sulfide) groups is 1. The van der Waals surface area contributed by atoms with Crippen LogP contribution in [0, 0.1) is 0 Å². The normalized spacial score (nSPS) is 11.2. The number of furan rings is 1. The van der Waals surface area contributed by atoms with Crippen LogP contribution in [-0.4, -0.2) is 43.9 Å².